The van der Waals surface area contributed by atoms with Gasteiger partial charge in [-0.1, -0.05) is 13.8 Å². The molecule has 1 aromatic carbocycles. The number of anilines is 1. The summed E-state index contributed by atoms with van der Waals surface area (Å²) in [7, 11) is -2.94. The molecule has 0 radical (unpaired) electrons. The van der Waals surface area contributed by atoms with Crippen molar-refractivity contribution >= 4 is 15.7 Å². The number of likely N-dealkylation sites (tertiary alicyclic amines) is 2. The fourth-order valence-corrected chi connectivity index (χ4v) is 10.3. The molecular weight excluding hydrogens is 644 g/mol. The zero-order chi connectivity index (χ0) is 33.9. The lowest BCUT2D eigenvalue weighted by Crippen LogP contribution is -2.65. The Hall–Kier alpha value is -3.29. The van der Waals surface area contributed by atoms with E-state index in [2.05, 4.69) is 53.7 Å². The molecule has 1 unspecified atom stereocenters. The molecule has 5 aliphatic rings. The highest BCUT2D eigenvalue weighted by atomic mass is 32.2. The van der Waals surface area contributed by atoms with Crippen LogP contribution in [0.25, 0.3) is 11.1 Å². The van der Waals surface area contributed by atoms with Crippen LogP contribution >= 0.6 is 0 Å². The first-order valence-corrected chi connectivity index (χ1v) is 19.9. The molecule has 262 valence electrons. The molecule has 3 aliphatic heterocycles. The average molecular weight is 691 g/mol. The topological polar surface area (TPSA) is 118 Å². The first-order chi connectivity index (χ1) is 23.6. The number of aromatic nitrogens is 5. The second-order valence-electron chi connectivity index (χ2n) is 15.7. The monoisotopic (exact) mass is 690 g/mol. The summed E-state index contributed by atoms with van der Waals surface area (Å²) >= 11 is 0. The van der Waals surface area contributed by atoms with Gasteiger partial charge in [0, 0.05) is 73.2 Å². The van der Waals surface area contributed by atoms with E-state index in [1.807, 2.05) is 0 Å². The molecule has 5 fully saturated rings. The molecule has 2 aliphatic carbocycles. The maximum Gasteiger partial charge on any atom is 0.282 e. The van der Waals surface area contributed by atoms with E-state index in [1.54, 1.807) is 18.6 Å². The van der Waals surface area contributed by atoms with E-state index < -0.39 is 9.84 Å². The van der Waals surface area contributed by atoms with Crippen molar-refractivity contribution in [3.05, 3.63) is 48.6 Å². The molecular formula is C36H47FN8O3S. The maximum absolute atomic E-state index is 14.6. The van der Waals surface area contributed by atoms with Gasteiger partial charge in [-0.25, -0.2) is 27.8 Å². The Labute approximate surface area is 288 Å². The number of halogens is 1. The van der Waals surface area contributed by atoms with Gasteiger partial charge in [0.05, 0.1) is 10.9 Å². The SMILES string of the molecule is CC(C)C(C1CC(N2CCC(S(C)(=O)=O)CC2)C1)N1CC2(CCN(c3ncnnc3Oc3ccc(F)cc3-c3cncnc3C3CC3)C2)C1. The van der Waals surface area contributed by atoms with Gasteiger partial charge >= 0.3 is 0 Å². The summed E-state index contributed by atoms with van der Waals surface area (Å²) in [6, 6.07) is 5.66. The van der Waals surface area contributed by atoms with Gasteiger partial charge in [0.2, 0.25) is 0 Å². The second kappa shape index (κ2) is 12.8. The standard InChI is InChI=1S/C36H47FN8O3S/c1-23(2)33(25-14-27(15-25)43-11-8-28(9-12-43)49(3,46)47)45-19-36(20-45)10-13-44(18-36)34-35(42-41-22-40-34)48-31-7-6-26(37)16-29(31)30-17-38-21-39-32(30)24-4-5-24/h6-7,16-17,21-25,27-28,33H,4-5,8-15,18-20H2,1-3H3. The maximum atomic E-state index is 14.6. The Morgan fingerprint density at radius 1 is 0.980 bits per heavy atom. The predicted octanol–water partition coefficient (Wildman–Crippen LogP) is 4.96. The van der Waals surface area contributed by atoms with Crippen molar-refractivity contribution in [2.75, 3.05) is 50.4 Å². The summed E-state index contributed by atoms with van der Waals surface area (Å²) in [4.78, 5) is 20.9. The highest BCUT2D eigenvalue weighted by Gasteiger charge is 2.53. The summed E-state index contributed by atoms with van der Waals surface area (Å²) in [5.41, 5.74) is 2.50. The van der Waals surface area contributed by atoms with Crippen LogP contribution in [0.15, 0.2) is 37.1 Å². The third-order valence-electron chi connectivity index (χ3n) is 11.9. The lowest BCUT2D eigenvalue weighted by atomic mass is 9.68. The van der Waals surface area contributed by atoms with E-state index in [0.717, 1.165) is 82.6 Å². The van der Waals surface area contributed by atoms with Crippen LogP contribution in [-0.2, 0) is 9.84 Å². The molecule has 49 heavy (non-hydrogen) atoms. The molecule has 2 saturated carbocycles. The minimum absolute atomic E-state index is 0.169. The van der Waals surface area contributed by atoms with Gasteiger partial charge in [-0.05, 0) is 88.1 Å². The van der Waals surface area contributed by atoms with E-state index in [-0.39, 0.29) is 16.5 Å². The Morgan fingerprint density at radius 3 is 2.47 bits per heavy atom. The molecule has 13 heteroatoms. The summed E-state index contributed by atoms with van der Waals surface area (Å²) in [5, 5.41) is 8.25. The van der Waals surface area contributed by atoms with Gasteiger partial charge in [0.1, 0.15) is 34.1 Å². The van der Waals surface area contributed by atoms with Gasteiger partial charge in [0.15, 0.2) is 5.82 Å². The predicted molar refractivity (Wildman–Crippen MR) is 185 cm³/mol. The molecule has 2 aromatic heterocycles. The van der Waals surface area contributed by atoms with Crippen molar-refractivity contribution in [2.24, 2.45) is 17.3 Å². The molecule has 1 atom stereocenters. The summed E-state index contributed by atoms with van der Waals surface area (Å²) in [6.45, 7) is 10.4. The molecule has 8 rings (SSSR count). The van der Waals surface area contributed by atoms with Crippen molar-refractivity contribution in [1.82, 2.24) is 34.9 Å². The average Bonchev–Trinajstić information content (AvgIpc) is 3.80. The number of sulfone groups is 1. The van der Waals surface area contributed by atoms with Gasteiger partial charge in [0.25, 0.3) is 5.88 Å². The summed E-state index contributed by atoms with van der Waals surface area (Å²) in [6.07, 6.45) is 13.3. The van der Waals surface area contributed by atoms with Crippen LogP contribution in [0, 0.1) is 23.1 Å². The molecule has 3 aromatic rings. The Morgan fingerprint density at radius 2 is 1.76 bits per heavy atom. The quantitative estimate of drug-likeness (QED) is 0.287. The van der Waals surface area contributed by atoms with Gasteiger partial charge in [-0.15, -0.1) is 10.2 Å². The smallest absolute Gasteiger partial charge is 0.282 e. The third-order valence-corrected chi connectivity index (χ3v) is 13.6. The van der Waals surface area contributed by atoms with Gasteiger partial charge in [-0.3, -0.25) is 4.90 Å². The largest absolute Gasteiger partial charge is 0.434 e. The van der Waals surface area contributed by atoms with Crippen molar-refractivity contribution < 1.29 is 17.5 Å². The lowest BCUT2D eigenvalue weighted by molar-refractivity contribution is -0.0813. The Bertz CT molecular complexity index is 1790. The number of nitrogens with zero attached hydrogens (tertiary/aromatic N) is 8. The van der Waals surface area contributed by atoms with Crippen molar-refractivity contribution in [2.45, 2.75) is 82.0 Å². The molecule has 1 spiro atoms. The van der Waals surface area contributed by atoms with Crippen LogP contribution in [0.3, 0.4) is 0 Å². The Balaban J connectivity index is 0.916. The summed E-state index contributed by atoms with van der Waals surface area (Å²) in [5.74, 6) is 2.71. The Kier molecular flexibility index (Phi) is 8.59. The number of ether oxygens (including phenoxy) is 1. The van der Waals surface area contributed by atoms with E-state index in [9.17, 15) is 12.8 Å². The van der Waals surface area contributed by atoms with Gasteiger partial charge < -0.3 is 14.5 Å². The number of hydrogen-bond acceptors (Lipinski definition) is 11. The number of piperidine rings is 1. The molecule has 5 heterocycles. The summed E-state index contributed by atoms with van der Waals surface area (Å²) < 4.78 is 45.0. The van der Waals surface area contributed by atoms with Crippen LogP contribution in [0.2, 0.25) is 0 Å². The first kappa shape index (κ1) is 32.9. The number of benzene rings is 1. The van der Waals surface area contributed by atoms with Crippen LogP contribution in [0.4, 0.5) is 10.2 Å². The van der Waals surface area contributed by atoms with Crippen molar-refractivity contribution in [1.29, 1.82) is 0 Å². The van der Waals surface area contributed by atoms with Crippen LogP contribution in [-0.4, -0.2) is 106 Å². The fourth-order valence-electron chi connectivity index (χ4n) is 9.22. The first-order valence-electron chi connectivity index (χ1n) is 17.9. The molecule has 3 saturated heterocycles. The third kappa shape index (κ3) is 6.54. The number of hydrogen-bond donors (Lipinski definition) is 0. The zero-order valence-electron chi connectivity index (χ0n) is 28.7. The minimum Gasteiger partial charge on any atom is -0.434 e. The van der Waals surface area contributed by atoms with Crippen LogP contribution < -0.4 is 9.64 Å². The van der Waals surface area contributed by atoms with Crippen LogP contribution in [0.1, 0.15) is 70.4 Å². The molecule has 0 N–H and O–H groups in total. The highest BCUT2D eigenvalue weighted by Crippen LogP contribution is 2.49. The molecule has 11 nitrogen and oxygen atoms in total. The normalized spacial score (nSPS) is 25.4. The van der Waals surface area contributed by atoms with E-state index in [4.69, 9.17) is 4.74 Å². The second-order valence-corrected chi connectivity index (χ2v) is 18.0. The van der Waals surface area contributed by atoms with E-state index in [1.165, 1.54) is 37.6 Å². The number of rotatable bonds is 10. The van der Waals surface area contributed by atoms with E-state index >= 15 is 0 Å². The van der Waals surface area contributed by atoms with Gasteiger partial charge in [-0.2, -0.15) is 0 Å². The lowest BCUT2D eigenvalue weighted by Gasteiger charge is -2.58. The zero-order valence-corrected chi connectivity index (χ0v) is 29.5. The van der Waals surface area contributed by atoms with Crippen molar-refractivity contribution in [3.63, 3.8) is 0 Å². The van der Waals surface area contributed by atoms with Crippen molar-refractivity contribution in [3.8, 4) is 22.8 Å². The molecule has 0 amide bonds. The minimum atomic E-state index is -2.94. The molecule has 0 bridgehead atoms. The fraction of sp³-hybridized carbons (Fsp3) is 0.639. The van der Waals surface area contributed by atoms with Crippen LogP contribution in [0.5, 0.6) is 11.6 Å². The highest BCUT2D eigenvalue weighted by molar-refractivity contribution is 7.91. The van der Waals surface area contributed by atoms with E-state index in [0.29, 0.717) is 52.8 Å².